The minimum absolute atomic E-state index is 0.250. The highest BCUT2D eigenvalue weighted by Gasteiger charge is 2.37. The zero-order chi connectivity index (χ0) is 49.2. The van der Waals surface area contributed by atoms with Gasteiger partial charge in [-0.25, -0.2) is 53.9 Å². The van der Waals surface area contributed by atoms with Crippen molar-refractivity contribution in [2.24, 2.45) is 0 Å². The molecule has 0 atom stereocenters. The Bertz CT molecular complexity index is 3710. The van der Waals surface area contributed by atoms with Crippen LogP contribution >= 0.6 is 0 Å². The van der Waals surface area contributed by atoms with Gasteiger partial charge in [-0.3, -0.25) is 4.90 Å². The molecule has 348 valence electrons. The summed E-state index contributed by atoms with van der Waals surface area (Å²) in [6, 6.07) is 40.8. The number of nitrogens with zero attached hydrogens (tertiary/aromatic N) is 3. The van der Waals surface area contributed by atoms with Gasteiger partial charge in [0.25, 0.3) is 0 Å². The van der Waals surface area contributed by atoms with Crippen LogP contribution < -0.4 is 4.90 Å². The van der Waals surface area contributed by atoms with Crippen molar-refractivity contribution in [1.82, 2.24) is 19.9 Å². The number of aromatic nitrogens is 4. The summed E-state index contributed by atoms with van der Waals surface area (Å²) in [5.74, 6) is -25.8. The number of hydrogen-bond donors (Lipinski definition) is 2. The third kappa shape index (κ3) is 7.44. The van der Waals surface area contributed by atoms with Crippen molar-refractivity contribution in [3.8, 4) is 44.5 Å². The van der Waals surface area contributed by atoms with Crippen molar-refractivity contribution < 1.29 is 43.9 Å². The Hall–Kier alpha value is -8.98. The molecule has 5 heterocycles. The van der Waals surface area contributed by atoms with Crippen LogP contribution in [0, 0.1) is 58.2 Å². The summed E-state index contributed by atoms with van der Waals surface area (Å²) in [6.45, 7) is 0. The zero-order valence-electron chi connectivity index (χ0n) is 36.2. The summed E-state index contributed by atoms with van der Waals surface area (Å²) in [5, 5.41) is 0. The molecule has 0 saturated heterocycles. The van der Waals surface area contributed by atoms with Gasteiger partial charge < -0.3 is 9.97 Å². The van der Waals surface area contributed by atoms with Gasteiger partial charge in [0, 0.05) is 50.0 Å². The molecule has 0 saturated carbocycles. The highest BCUT2D eigenvalue weighted by Crippen LogP contribution is 2.45. The average molecular weight is 962 g/mol. The maximum Gasteiger partial charge on any atom is 0.200 e. The summed E-state index contributed by atoms with van der Waals surface area (Å²) >= 11 is 0. The fraction of sp³-hybridized carbons (Fsp3) is 0. The van der Waals surface area contributed by atoms with Crippen LogP contribution in [-0.4, -0.2) is 19.9 Å². The normalized spacial score (nSPS) is 12.0. The molecule has 15 heteroatoms. The first-order valence-corrected chi connectivity index (χ1v) is 21.7. The minimum atomic E-state index is -2.62. The number of rotatable bonds is 7. The number of benzene rings is 6. The number of hydrogen-bond acceptors (Lipinski definition) is 3. The van der Waals surface area contributed by atoms with E-state index in [1.165, 1.54) is 12.1 Å². The molecule has 9 aromatic rings. The Morgan fingerprint density at radius 3 is 0.817 bits per heavy atom. The largest absolute Gasteiger partial charge is 0.354 e. The van der Waals surface area contributed by atoms with Crippen LogP contribution in [0.5, 0.6) is 0 Å². The van der Waals surface area contributed by atoms with Crippen LogP contribution in [0.1, 0.15) is 22.8 Å². The third-order valence-electron chi connectivity index (χ3n) is 12.2. The van der Waals surface area contributed by atoms with Crippen LogP contribution in [0.4, 0.5) is 61.0 Å². The molecule has 71 heavy (non-hydrogen) atoms. The van der Waals surface area contributed by atoms with E-state index in [0.29, 0.717) is 56.0 Å². The van der Waals surface area contributed by atoms with Gasteiger partial charge in [-0.1, -0.05) is 103 Å². The molecule has 0 amide bonds. The van der Waals surface area contributed by atoms with E-state index in [4.69, 9.17) is 9.97 Å². The van der Waals surface area contributed by atoms with Crippen LogP contribution in [-0.2, 0) is 0 Å². The van der Waals surface area contributed by atoms with E-state index < -0.39 is 75.2 Å². The molecule has 0 radical (unpaired) electrons. The van der Waals surface area contributed by atoms with Gasteiger partial charge in [-0.05, 0) is 83.0 Å². The maximum atomic E-state index is 15.6. The first-order chi connectivity index (χ1) is 34.4. The van der Waals surface area contributed by atoms with Gasteiger partial charge in [0.1, 0.15) is 11.4 Å². The smallest absolute Gasteiger partial charge is 0.200 e. The van der Waals surface area contributed by atoms with Gasteiger partial charge >= 0.3 is 0 Å². The standard InChI is InChI=1S/C56H29F10N5/c57-45-47(59)51(63)55(52(64)48(45)60)71(56-53(65)49(61)46(58)50(62)54(56)66)32-18-16-31(17-19-32)44-39-26-24-37(69-39)42(29-12-6-2-7-13-29)35-22-20-33(67-35)41(28-10-4-1-5-11-28)34-21-23-36(68-34)43(30-14-8-3-9-15-30)38-25-27-40(44)70-38/h1-27,67,70H. The molecular formula is C56H29F10N5. The topological polar surface area (TPSA) is 60.6 Å². The number of H-pyrrole nitrogens is 2. The number of nitrogens with one attached hydrogen (secondary N) is 2. The Kier molecular flexibility index (Phi) is 11.0. The summed E-state index contributed by atoms with van der Waals surface area (Å²) in [5.41, 5.74) is 5.34. The molecular weight excluding hydrogens is 933 g/mol. The number of anilines is 3. The molecule has 5 nitrogen and oxygen atoms in total. The third-order valence-corrected chi connectivity index (χ3v) is 12.2. The monoisotopic (exact) mass is 961 g/mol. The van der Waals surface area contributed by atoms with Gasteiger partial charge in [-0.2, -0.15) is 0 Å². The molecule has 0 aliphatic carbocycles. The van der Waals surface area contributed by atoms with Crippen LogP contribution in [0.3, 0.4) is 0 Å². The minimum Gasteiger partial charge on any atom is -0.354 e. The lowest BCUT2D eigenvalue weighted by atomic mass is 10.0. The Balaban J connectivity index is 1.22. The van der Waals surface area contributed by atoms with E-state index in [2.05, 4.69) is 9.97 Å². The van der Waals surface area contributed by atoms with Crippen LogP contribution in [0.15, 0.2) is 140 Å². The SMILES string of the molecule is Fc1c(F)c(F)c(N(c2ccc(-c3c4nc(c(-c5ccccc5)c5ccc([nH]5)c(-c5ccccc5)c5nc(c(-c6ccccc6)c6ccc3[nH]6)C=C5)C=C4)cc2)c2c(F)c(F)c(F)c(F)c2F)c(F)c1F. The lowest BCUT2D eigenvalue weighted by Gasteiger charge is -2.27. The molecule has 0 unspecified atom stereocenters. The zero-order valence-corrected chi connectivity index (χ0v) is 36.2. The van der Waals surface area contributed by atoms with Crippen molar-refractivity contribution in [3.63, 3.8) is 0 Å². The molecule has 0 fully saturated rings. The molecule has 3 aromatic heterocycles. The second kappa shape index (κ2) is 17.5. The Morgan fingerprint density at radius 1 is 0.282 bits per heavy atom. The molecule has 8 bridgehead atoms. The van der Waals surface area contributed by atoms with E-state index in [1.54, 1.807) is 18.2 Å². The van der Waals surface area contributed by atoms with E-state index in [-0.39, 0.29) is 10.5 Å². The van der Waals surface area contributed by atoms with Gasteiger partial charge in [0.2, 0.25) is 11.6 Å². The highest BCUT2D eigenvalue weighted by atomic mass is 19.2. The number of aromatic amines is 2. The molecule has 11 rings (SSSR count). The fourth-order valence-corrected chi connectivity index (χ4v) is 8.96. The van der Waals surface area contributed by atoms with Gasteiger partial charge in [0.15, 0.2) is 46.5 Å². The summed E-state index contributed by atoms with van der Waals surface area (Å²) in [4.78, 5) is 17.3. The number of fused-ring (bicyclic) bond motifs is 8. The van der Waals surface area contributed by atoms with E-state index in [1.807, 2.05) is 121 Å². The Morgan fingerprint density at radius 2 is 0.535 bits per heavy atom. The number of halogens is 10. The Labute approximate surface area is 396 Å². The van der Waals surface area contributed by atoms with Gasteiger partial charge in [-0.15, -0.1) is 0 Å². The second-order valence-corrected chi connectivity index (χ2v) is 16.3. The fourth-order valence-electron chi connectivity index (χ4n) is 8.96. The lowest BCUT2D eigenvalue weighted by Crippen LogP contribution is -2.21. The molecule has 0 spiro atoms. The van der Waals surface area contributed by atoms with Crippen molar-refractivity contribution in [2.75, 3.05) is 4.90 Å². The van der Waals surface area contributed by atoms with E-state index in [0.717, 1.165) is 39.9 Å². The highest BCUT2D eigenvalue weighted by molar-refractivity contribution is 6.00. The van der Waals surface area contributed by atoms with Crippen molar-refractivity contribution in [2.45, 2.75) is 0 Å². The van der Waals surface area contributed by atoms with Crippen molar-refractivity contribution >= 4 is 63.4 Å². The van der Waals surface area contributed by atoms with Gasteiger partial charge in [0.05, 0.1) is 22.8 Å². The maximum absolute atomic E-state index is 15.6. The molecule has 2 aliphatic rings. The van der Waals surface area contributed by atoms with E-state index in [9.17, 15) is 26.3 Å². The van der Waals surface area contributed by atoms with Crippen molar-refractivity contribution in [1.29, 1.82) is 0 Å². The summed E-state index contributed by atoms with van der Waals surface area (Å²) < 4.78 is 150. The lowest BCUT2D eigenvalue weighted by molar-refractivity contribution is 0.375. The first kappa shape index (κ1) is 44.5. The predicted octanol–water partition coefficient (Wildman–Crippen LogP) is 16.2. The van der Waals surface area contributed by atoms with E-state index >= 15 is 17.6 Å². The quantitative estimate of drug-likeness (QED) is 0.0950. The predicted molar refractivity (Wildman–Crippen MR) is 255 cm³/mol. The van der Waals surface area contributed by atoms with Crippen LogP contribution in [0.2, 0.25) is 0 Å². The molecule has 2 aliphatic heterocycles. The second-order valence-electron chi connectivity index (χ2n) is 16.3. The average Bonchev–Trinajstić information content (AvgIpc) is 4.26. The van der Waals surface area contributed by atoms with Crippen molar-refractivity contribution in [3.05, 3.63) is 220 Å². The summed E-state index contributed by atoms with van der Waals surface area (Å²) in [7, 11) is 0. The molecule has 6 aromatic carbocycles. The molecule has 2 N–H and O–H groups in total. The first-order valence-electron chi connectivity index (χ1n) is 21.7. The van der Waals surface area contributed by atoms with Crippen LogP contribution in [0.25, 0.3) is 90.9 Å². The summed E-state index contributed by atoms with van der Waals surface area (Å²) in [6.07, 6.45) is 7.40.